The van der Waals surface area contributed by atoms with Crippen molar-refractivity contribution in [3.05, 3.63) is 53.6 Å². The van der Waals surface area contributed by atoms with E-state index in [0.717, 1.165) is 26.9 Å². The number of hydrogen-bond donors (Lipinski definition) is 1. The van der Waals surface area contributed by atoms with Crippen LogP contribution < -0.4 is 5.32 Å². The van der Waals surface area contributed by atoms with Gasteiger partial charge in [0.15, 0.2) is 0 Å². The van der Waals surface area contributed by atoms with Crippen molar-refractivity contribution in [1.29, 1.82) is 0 Å². The average Bonchev–Trinajstić information content (AvgIpc) is 2.73. The van der Waals surface area contributed by atoms with E-state index in [1.807, 2.05) is 23.5 Å². The van der Waals surface area contributed by atoms with E-state index in [2.05, 4.69) is 63.2 Å². The lowest BCUT2D eigenvalue weighted by atomic mass is 10.1. The molecule has 2 rings (SSSR count). The molecule has 2 aromatic rings. The Hall–Kier alpha value is 0.130. The Bertz CT molecular complexity index is 598. The van der Waals surface area contributed by atoms with Crippen LogP contribution in [0.15, 0.2) is 33.2 Å². The van der Waals surface area contributed by atoms with Gasteiger partial charge in [-0.15, -0.1) is 11.3 Å². The highest BCUT2D eigenvalue weighted by Gasteiger charge is 2.19. The molecule has 0 aliphatic rings. The fourth-order valence-corrected chi connectivity index (χ4v) is 4.46. The number of nitrogens with one attached hydrogen (secondary N) is 1. The Morgan fingerprint density at radius 2 is 2.00 bits per heavy atom. The van der Waals surface area contributed by atoms with Crippen molar-refractivity contribution < 1.29 is 0 Å². The molecule has 0 saturated heterocycles. The standard InChI is InChI=1S/C15H16Br2ClNS/c1-3-6-19-14(15-12(17)7-9(2)20-15)10-4-5-11(16)13(18)8-10/h4-5,7-8,14,19H,3,6H2,1-2H3. The van der Waals surface area contributed by atoms with Gasteiger partial charge in [-0.3, -0.25) is 0 Å². The maximum absolute atomic E-state index is 6.24. The van der Waals surface area contributed by atoms with Crippen LogP contribution in [-0.2, 0) is 0 Å². The van der Waals surface area contributed by atoms with E-state index in [0.29, 0.717) is 0 Å². The van der Waals surface area contributed by atoms with Gasteiger partial charge in [-0.1, -0.05) is 24.6 Å². The minimum atomic E-state index is 0.175. The minimum absolute atomic E-state index is 0.175. The monoisotopic (exact) mass is 435 g/mol. The summed E-state index contributed by atoms with van der Waals surface area (Å²) in [5.41, 5.74) is 1.19. The van der Waals surface area contributed by atoms with Crippen molar-refractivity contribution in [2.24, 2.45) is 0 Å². The van der Waals surface area contributed by atoms with Crippen molar-refractivity contribution in [2.75, 3.05) is 6.54 Å². The smallest absolute Gasteiger partial charge is 0.0683 e. The topological polar surface area (TPSA) is 12.0 Å². The summed E-state index contributed by atoms with van der Waals surface area (Å²) in [5.74, 6) is 0. The molecule has 20 heavy (non-hydrogen) atoms. The molecule has 0 amide bonds. The molecule has 1 atom stereocenters. The van der Waals surface area contributed by atoms with Gasteiger partial charge in [0.1, 0.15) is 0 Å². The Morgan fingerprint density at radius 3 is 2.55 bits per heavy atom. The molecule has 1 nitrogen and oxygen atoms in total. The fraction of sp³-hybridized carbons (Fsp3) is 0.333. The van der Waals surface area contributed by atoms with Gasteiger partial charge in [0.25, 0.3) is 0 Å². The second kappa shape index (κ2) is 7.41. The van der Waals surface area contributed by atoms with Crippen LogP contribution in [0.2, 0.25) is 5.02 Å². The first-order valence-corrected chi connectivity index (χ1v) is 9.25. The molecule has 0 saturated carbocycles. The van der Waals surface area contributed by atoms with E-state index in [4.69, 9.17) is 11.6 Å². The molecule has 1 aromatic carbocycles. The number of benzene rings is 1. The van der Waals surface area contributed by atoms with Crippen LogP contribution in [0.5, 0.6) is 0 Å². The molecule has 0 spiro atoms. The Balaban J connectivity index is 2.41. The fourth-order valence-electron chi connectivity index (χ4n) is 2.04. The summed E-state index contributed by atoms with van der Waals surface area (Å²) in [7, 11) is 0. The number of rotatable bonds is 5. The van der Waals surface area contributed by atoms with Gasteiger partial charge in [0, 0.05) is 18.7 Å². The summed E-state index contributed by atoms with van der Waals surface area (Å²) in [4.78, 5) is 2.60. The molecule has 1 aromatic heterocycles. The summed E-state index contributed by atoms with van der Waals surface area (Å²) in [5, 5.41) is 4.35. The third-order valence-electron chi connectivity index (χ3n) is 2.97. The van der Waals surface area contributed by atoms with Crippen molar-refractivity contribution in [1.82, 2.24) is 5.32 Å². The molecule has 1 N–H and O–H groups in total. The first kappa shape index (κ1) is 16.5. The van der Waals surface area contributed by atoms with Crippen LogP contribution in [-0.4, -0.2) is 6.54 Å². The summed E-state index contributed by atoms with van der Waals surface area (Å²) in [6.07, 6.45) is 1.10. The number of thiophene rings is 1. The number of hydrogen-bond acceptors (Lipinski definition) is 2. The normalized spacial score (nSPS) is 12.7. The highest BCUT2D eigenvalue weighted by Crippen LogP contribution is 2.37. The first-order valence-electron chi connectivity index (χ1n) is 6.47. The van der Waals surface area contributed by atoms with Gasteiger partial charge >= 0.3 is 0 Å². The summed E-state index contributed by atoms with van der Waals surface area (Å²) >= 11 is 15.2. The van der Waals surface area contributed by atoms with E-state index in [-0.39, 0.29) is 6.04 Å². The van der Waals surface area contributed by atoms with Crippen LogP contribution in [0.3, 0.4) is 0 Å². The molecular weight excluding hydrogens is 422 g/mol. The molecule has 1 heterocycles. The molecule has 0 bridgehead atoms. The lowest BCUT2D eigenvalue weighted by Crippen LogP contribution is -2.22. The van der Waals surface area contributed by atoms with E-state index < -0.39 is 0 Å². The van der Waals surface area contributed by atoms with Crippen molar-refractivity contribution in [3.8, 4) is 0 Å². The van der Waals surface area contributed by atoms with E-state index in [1.54, 1.807) is 0 Å². The molecule has 1 unspecified atom stereocenters. The van der Waals surface area contributed by atoms with Crippen molar-refractivity contribution in [2.45, 2.75) is 26.3 Å². The lowest BCUT2D eigenvalue weighted by Gasteiger charge is -2.19. The Labute approximate surface area is 146 Å². The van der Waals surface area contributed by atoms with Crippen LogP contribution in [0, 0.1) is 6.92 Å². The largest absolute Gasteiger partial charge is 0.306 e. The molecule has 0 fully saturated rings. The second-order valence-corrected chi connectivity index (χ2v) is 8.03. The van der Waals surface area contributed by atoms with Gasteiger partial charge in [-0.25, -0.2) is 0 Å². The first-order chi connectivity index (χ1) is 9.52. The SMILES string of the molecule is CCCNC(c1ccc(Br)c(Cl)c1)c1sc(C)cc1Br. The predicted octanol–water partition coefficient (Wildman–Crippen LogP) is 6.32. The highest BCUT2D eigenvalue weighted by molar-refractivity contribution is 9.10. The third kappa shape index (κ3) is 3.86. The van der Waals surface area contributed by atoms with Gasteiger partial charge < -0.3 is 5.32 Å². The van der Waals surface area contributed by atoms with Gasteiger partial charge in [0.2, 0.25) is 0 Å². The van der Waals surface area contributed by atoms with Crippen molar-refractivity contribution >= 4 is 54.8 Å². The van der Waals surface area contributed by atoms with Crippen molar-refractivity contribution in [3.63, 3.8) is 0 Å². The molecule has 108 valence electrons. The molecule has 0 aliphatic carbocycles. The predicted molar refractivity (Wildman–Crippen MR) is 96.0 cm³/mol. The van der Waals surface area contributed by atoms with Crippen LogP contribution in [0.25, 0.3) is 0 Å². The zero-order chi connectivity index (χ0) is 14.7. The molecule has 0 radical (unpaired) electrons. The van der Waals surface area contributed by atoms with Crippen LogP contribution in [0.1, 0.15) is 34.7 Å². The maximum atomic E-state index is 6.24. The molecule has 5 heteroatoms. The zero-order valence-electron chi connectivity index (χ0n) is 11.3. The molecular formula is C15H16Br2ClNS. The lowest BCUT2D eigenvalue weighted by molar-refractivity contribution is 0.604. The zero-order valence-corrected chi connectivity index (χ0v) is 16.1. The van der Waals surface area contributed by atoms with E-state index in [9.17, 15) is 0 Å². The summed E-state index contributed by atoms with van der Waals surface area (Å²) < 4.78 is 2.09. The second-order valence-electron chi connectivity index (χ2n) is 4.63. The van der Waals surface area contributed by atoms with Crippen LogP contribution in [0.4, 0.5) is 0 Å². The van der Waals surface area contributed by atoms with E-state index in [1.165, 1.54) is 15.3 Å². The quantitative estimate of drug-likeness (QED) is 0.577. The highest BCUT2D eigenvalue weighted by atomic mass is 79.9. The van der Waals surface area contributed by atoms with Gasteiger partial charge in [0.05, 0.1) is 11.1 Å². The van der Waals surface area contributed by atoms with Gasteiger partial charge in [-0.2, -0.15) is 0 Å². The third-order valence-corrected chi connectivity index (χ3v) is 6.24. The minimum Gasteiger partial charge on any atom is -0.306 e. The number of aryl methyl sites for hydroxylation is 1. The van der Waals surface area contributed by atoms with Gasteiger partial charge in [-0.05, 0) is 75.5 Å². The number of halogens is 3. The van der Waals surface area contributed by atoms with E-state index >= 15 is 0 Å². The molecule has 0 aliphatic heterocycles. The maximum Gasteiger partial charge on any atom is 0.0683 e. The van der Waals surface area contributed by atoms with Crippen LogP contribution >= 0.6 is 54.8 Å². The average molecular weight is 438 g/mol. The summed E-state index contributed by atoms with van der Waals surface area (Å²) in [6, 6.07) is 8.49. The Morgan fingerprint density at radius 1 is 1.25 bits per heavy atom. The summed E-state index contributed by atoms with van der Waals surface area (Å²) in [6.45, 7) is 5.28. The Kier molecular flexibility index (Phi) is 6.11.